The molecule has 0 aliphatic heterocycles. The summed E-state index contributed by atoms with van der Waals surface area (Å²) >= 11 is 0. The summed E-state index contributed by atoms with van der Waals surface area (Å²) in [5.74, 6) is 0.492. The van der Waals surface area contributed by atoms with Crippen molar-refractivity contribution >= 4 is 0 Å². The molecule has 0 spiro atoms. The minimum Gasteiger partial charge on any atom is -0.393 e. The Bertz CT molecular complexity index is 268. The van der Waals surface area contributed by atoms with Crippen LogP contribution in [0.4, 0.5) is 0 Å². The molecule has 1 aromatic carbocycles. The Kier molecular flexibility index (Phi) is 3.20. The Balaban J connectivity index is 1.96. The van der Waals surface area contributed by atoms with Gasteiger partial charge < -0.3 is 5.11 Å². The van der Waals surface area contributed by atoms with E-state index in [1.807, 2.05) is 6.07 Å². The second-order valence-electron chi connectivity index (χ2n) is 4.30. The molecular weight excluding hydrogens is 172 g/mol. The van der Waals surface area contributed by atoms with E-state index >= 15 is 0 Å². The molecule has 2 atom stereocenters. The van der Waals surface area contributed by atoms with Gasteiger partial charge in [0.2, 0.25) is 0 Å². The molecule has 14 heavy (non-hydrogen) atoms. The average Bonchev–Trinajstić information content (AvgIpc) is 2.23. The van der Waals surface area contributed by atoms with Gasteiger partial charge in [-0.15, -0.1) is 0 Å². The average molecular weight is 190 g/mol. The molecule has 0 aromatic heterocycles. The molecule has 1 aromatic rings. The van der Waals surface area contributed by atoms with Crippen LogP contribution < -0.4 is 0 Å². The van der Waals surface area contributed by atoms with Crippen LogP contribution >= 0.6 is 0 Å². The van der Waals surface area contributed by atoms with Gasteiger partial charge in [0.1, 0.15) is 0 Å². The first kappa shape index (κ1) is 9.72. The lowest BCUT2D eigenvalue weighted by atomic mass is 9.82. The quantitative estimate of drug-likeness (QED) is 0.760. The Morgan fingerprint density at radius 2 is 1.79 bits per heavy atom. The summed E-state index contributed by atoms with van der Waals surface area (Å²) < 4.78 is 0. The topological polar surface area (TPSA) is 20.2 Å². The zero-order valence-corrected chi connectivity index (χ0v) is 8.52. The lowest BCUT2D eigenvalue weighted by Crippen LogP contribution is -2.26. The van der Waals surface area contributed by atoms with Crippen LogP contribution in [0.15, 0.2) is 30.3 Å². The first-order valence-corrected chi connectivity index (χ1v) is 5.58. The minimum atomic E-state index is -0.0658. The fourth-order valence-electron chi connectivity index (χ4n) is 2.34. The van der Waals surface area contributed by atoms with Crippen molar-refractivity contribution in [2.75, 3.05) is 0 Å². The number of aliphatic hydroxyl groups excluding tert-OH is 1. The van der Waals surface area contributed by atoms with Gasteiger partial charge in [-0.1, -0.05) is 43.2 Å². The highest BCUT2D eigenvalue weighted by Crippen LogP contribution is 2.27. The van der Waals surface area contributed by atoms with Crippen molar-refractivity contribution in [3.63, 3.8) is 0 Å². The normalized spacial score (nSPS) is 27.5. The highest BCUT2D eigenvalue weighted by Gasteiger charge is 2.22. The highest BCUT2D eigenvalue weighted by atomic mass is 16.3. The first-order valence-electron chi connectivity index (χ1n) is 5.58. The predicted octanol–water partition coefficient (Wildman–Crippen LogP) is 2.78. The molecule has 1 aliphatic rings. The Labute approximate surface area is 85.8 Å². The standard InChI is InChI=1S/C13H18O/c14-13-9-5-4-8-12(13)10-11-6-2-1-3-7-11/h1-3,6-7,12-14H,4-5,8-10H2/t12-,13+/m1/s1. The van der Waals surface area contributed by atoms with Crippen molar-refractivity contribution in [2.45, 2.75) is 38.2 Å². The van der Waals surface area contributed by atoms with Gasteiger partial charge >= 0.3 is 0 Å². The van der Waals surface area contributed by atoms with Crippen LogP contribution in [0, 0.1) is 5.92 Å². The molecule has 0 heterocycles. The number of aliphatic hydroxyl groups is 1. The van der Waals surface area contributed by atoms with E-state index in [4.69, 9.17) is 0 Å². The van der Waals surface area contributed by atoms with Gasteiger partial charge in [0.05, 0.1) is 6.10 Å². The summed E-state index contributed by atoms with van der Waals surface area (Å²) in [4.78, 5) is 0. The van der Waals surface area contributed by atoms with Gasteiger partial charge in [0, 0.05) is 0 Å². The maximum atomic E-state index is 9.83. The molecule has 2 rings (SSSR count). The van der Waals surface area contributed by atoms with E-state index < -0.39 is 0 Å². The SMILES string of the molecule is O[C@H]1CCCC[C@@H]1Cc1ccccc1. The number of hydrogen-bond acceptors (Lipinski definition) is 1. The summed E-state index contributed by atoms with van der Waals surface area (Å²) in [5.41, 5.74) is 1.36. The van der Waals surface area contributed by atoms with Gasteiger partial charge in [-0.2, -0.15) is 0 Å². The minimum absolute atomic E-state index is 0.0658. The third kappa shape index (κ3) is 2.36. The molecule has 0 unspecified atom stereocenters. The second-order valence-corrected chi connectivity index (χ2v) is 4.30. The summed E-state index contributed by atoms with van der Waals surface area (Å²) in [5, 5.41) is 9.83. The zero-order valence-electron chi connectivity index (χ0n) is 8.52. The molecule has 1 saturated carbocycles. The summed E-state index contributed by atoms with van der Waals surface area (Å²) in [6.45, 7) is 0. The van der Waals surface area contributed by atoms with Crippen LogP contribution in [0.25, 0.3) is 0 Å². The molecule has 1 fully saturated rings. The van der Waals surface area contributed by atoms with E-state index in [0.717, 1.165) is 12.8 Å². The van der Waals surface area contributed by atoms with Crippen LogP contribution in [0.1, 0.15) is 31.2 Å². The number of rotatable bonds is 2. The summed E-state index contributed by atoms with van der Waals surface area (Å²) in [6, 6.07) is 10.5. The number of benzene rings is 1. The zero-order chi connectivity index (χ0) is 9.80. The summed E-state index contributed by atoms with van der Waals surface area (Å²) in [7, 11) is 0. The Morgan fingerprint density at radius 1 is 1.07 bits per heavy atom. The van der Waals surface area contributed by atoms with E-state index in [1.165, 1.54) is 24.8 Å². The molecule has 1 N–H and O–H groups in total. The van der Waals surface area contributed by atoms with Crippen LogP contribution in [0.5, 0.6) is 0 Å². The molecule has 1 nitrogen and oxygen atoms in total. The molecule has 1 aliphatic carbocycles. The van der Waals surface area contributed by atoms with Crippen LogP contribution in [-0.2, 0) is 6.42 Å². The van der Waals surface area contributed by atoms with E-state index in [9.17, 15) is 5.11 Å². The Hall–Kier alpha value is -0.820. The maximum absolute atomic E-state index is 9.83. The van der Waals surface area contributed by atoms with Gasteiger partial charge in [-0.25, -0.2) is 0 Å². The lowest BCUT2D eigenvalue weighted by Gasteiger charge is -2.27. The smallest absolute Gasteiger partial charge is 0.0571 e. The monoisotopic (exact) mass is 190 g/mol. The molecule has 76 valence electrons. The molecule has 0 amide bonds. The fourth-order valence-corrected chi connectivity index (χ4v) is 2.34. The van der Waals surface area contributed by atoms with Gasteiger partial charge in [0.25, 0.3) is 0 Å². The molecule has 0 saturated heterocycles. The van der Waals surface area contributed by atoms with Crippen molar-refractivity contribution in [1.82, 2.24) is 0 Å². The largest absolute Gasteiger partial charge is 0.393 e. The Morgan fingerprint density at radius 3 is 2.50 bits per heavy atom. The van der Waals surface area contributed by atoms with Gasteiger partial charge in [-0.05, 0) is 30.7 Å². The highest BCUT2D eigenvalue weighted by molar-refractivity contribution is 5.15. The van der Waals surface area contributed by atoms with Crippen molar-refractivity contribution in [2.24, 2.45) is 5.92 Å². The molecule has 1 heteroatoms. The van der Waals surface area contributed by atoms with E-state index in [2.05, 4.69) is 24.3 Å². The van der Waals surface area contributed by atoms with Crippen LogP contribution in [0.2, 0.25) is 0 Å². The van der Waals surface area contributed by atoms with E-state index in [-0.39, 0.29) is 6.10 Å². The number of hydrogen-bond donors (Lipinski definition) is 1. The molecular formula is C13H18O. The van der Waals surface area contributed by atoms with E-state index in [0.29, 0.717) is 5.92 Å². The lowest BCUT2D eigenvalue weighted by molar-refractivity contribution is 0.0700. The van der Waals surface area contributed by atoms with Gasteiger partial charge in [-0.3, -0.25) is 0 Å². The van der Waals surface area contributed by atoms with Crippen molar-refractivity contribution in [1.29, 1.82) is 0 Å². The fraction of sp³-hybridized carbons (Fsp3) is 0.538. The van der Waals surface area contributed by atoms with Crippen molar-refractivity contribution in [3.05, 3.63) is 35.9 Å². The van der Waals surface area contributed by atoms with Crippen LogP contribution in [0.3, 0.4) is 0 Å². The van der Waals surface area contributed by atoms with Gasteiger partial charge in [0.15, 0.2) is 0 Å². The van der Waals surface area contributed by atoms with Crippen molar-refractivity contribution < 1.29 is 5.11 Å². The van der Waals surface area contributed by atoms with Crippen LogP contribution in [-0.4, -0.2) is 11.2 Å². The second kappa shape index (κ2) is 4.61. The van der Waals surface area contributed by atoms with E-state index in [1.54, 1.807) is 0 Å². The summed E-state index contributed by atoms with van der Waals surface area (Å²) in [6.07, 6.45) is 5.65. The predicted molar refractivity (Wildman–Crippen MR) is 58.1 cm³/mol. The first-order chi connectivity index (χ1) is 6.86. The molecule has 0 bridgehead atoms. The third-order valence-corrected chi connectivity index (χ3v) is 3.21. The third-order valence-electron chi connectivity index (χ3n) is 3.21. The molecule has 0 radical (unpaired) electrons. The maximum Gasteiger partial charge on any atom is 0.0571 e. The van der Waals surface area contributed by atoms with Crippen molar-refractivity contribution in [3.8, 4) is 0 Å².